The highest BCUT2D eigenvalue weighted by Crippen LogP contribution is 2.25. The molecule has 0 spiro atoms. The van der Waals surface area contributed by atoms with Crippen molar-refractivity contribution in [3.8, 4) is 0 Å². The fraction of sp³-hybridized carbons (Fsp3) is 0.423. The van der Waals surface area contributed by atoms with Crippen LogP contribution in [-0.4, -0.2) is 56.5 Å². The summed E-state index contributed by atoms with van der Waals surface area (Å²) in [5, 5.41) is 3.14. The van der Waals surface area contributed by atoms with Crippen molar-refractivity contribution in [3.05, 3.63) is 74.7 Å². The minimum atomic E-state index is -0.447. The first-order chi connectivity index (χ1) is 17.6. The predicted octanol–water partition coefficient (Wildman–Crippen LogP) is 2.08. The van der Waals surface area contributed by atoms with Gasteiger partial charge < -0.3 is 15.1 Å². The van der Waals surface area contributed by atoms with E-state index in [1.54, 1.807) is 18.5 Å². The average molecular weight is 490 g/mol. The van der Waals surface area contributed by atoms with E-state index in [-0.39, 0.29) is 18.0 Å². The Labute approximate surface area is 209 Å². The number of amides is 1. The third-order valence-electron chi connectivity index (χ3n) is 6.89. The van der Waals surface area contributed by atoms with Crippen molar-refractivity contribution in [2.75, 3.05) is 36.4 Å². The molecule has 1 amide bonds. The maximum absolute atomic E-state index is 12.6. The number of hydrogen-bond donors (Lipinski definition) is 2. The molecular weight excluding hydrogens is 458 g/mol. The Morgan fingerprint density at radius 1 is 0.972 bits per heavy atom. The summed E-state index contributed by atoms with van der Waals surface area (Å²) < 4.78 is 1.19. The predicted molar refractivity (Wildman–Crippen MR) is 138 cm³/mol. The Kier molecular flexibility index (Phi) is 7.11. The van der Waals surface area contributed by atoms with Crippen LogP contribution in [0.15, 0.2) is 52.3 Å². The molecule has 1 aromatic carbocycles. The molecule has 0 radical (unpaired) electrons. The van der Waals surface area contributed by atoms with Crippen LogP contribution in [0.2, 0.25) is 0 Å². The molecule has 10 heteroatoms. The van der Waals surface area contributed by atoms with Gasteiger partial charge in [0.15, 0.2) is 0 Å². The van der Waals surface area contributed by atoms with E-state index in [1.807, 2.05) is 11.0 Å². The number of fused-ring (bicyclic) bond motifs is 1. The summed E-state index contributed by atoms with van der Waals surface area (Å²) in [6.45, 7) is 2.95. The van der Waals surface area contributed by atoms with Gasteiger partial charge in [0.05, 0.1) is 0 Å². The van der Waals surface area contributed by atoms with Gasteiger partial charge in [0.25, 0.3) is 5.56 Å². The SMILES string of the molecule is O=C(CCCCn1c(=O)cc(Nc2ccc3c(c2)CCC3)[nH]c1=O)N1CCN(c2ncccn2)CC1. The van der Waals surface area contributed by atoms with Gasteiger partial charge in [-0.15, -0.1) is 0 Å². The summed E-state index contributed by atoms with van der Waals surface area (Å²) >= 11 is 0. The molecular formula is C26H31N7O3. The molecule has 2 N–H and O–H groups in total. The number of carbonyl (C=O) groups is 1. The highest BCUT2D eigenvalue weighted by Gasteiger charge is 2.22. The molecule has 1 aliphatic heterocycles. The van der Waals surface area contributed by atoms with Crippen LogP contribution in [-0.2, 0) is 24.2 Å². The number of nitrogens with zero attached hydrogens (tertiary/aromatic N) is 5. The molecule has 1 fully saturated rings. The molecule has 3 aromatic rings. The summed E-state index contributed by atoms with van der Waals surface area (Å²) in [6, 6.07) is 9.35. The van der Waals surface area contributed by atoms with Crippen LogP contribution in [0.3, 0.4) is 0 Å². The summed E-state index contributed by atoms with van der Waals surface area (Å²) in [5.74, 6) is 1.17. The number of piperazine rings is 1. The largest absolute Gasteiger partial charge is 0.342 e. The van der Waals surface area contributed by atoms with Gasteiger partial charge in [-0.3, -0.25) is 19.1 Å². The molecule has 0 saturated carbocycles. The second-order valence-corrected chi connectivity index (χ2v) is 9.31. The van der Waals surface area contributed by atoms with Gasteiger partial charge in [0.1, 0.15) is 5.82 Å². The second kappa shape index (κ2) is 10.8. The normalized spacial score (nSPS) is 15.1. The van der Waals surface area contributed by atoms with Crippen LogP contribution >= 0.6 is 0 Å². The topological polar surface area (TPSA) is 116 Å². The van der Waals surface area contributed by atoms with E-state index < -0.39 is 5.69 Å². The Balaban J connectivity index is 1.08. The fourth-order valence-corrected chi connectivity index (χ4v) is 4.92. The monoisotopic (exact) mass is 489 g/mol. The Hall–Kier alpha value is -3.95. The number of aromatic nitrogens is 4. The lowest BCUT2D eigenvalue weighted by atomic mass is 10.1. The minimum Gasteiger partial charge on any atom is -0.342 e. The van der Waals surface area contributed by atoms with Crippen molar-refractivity contribution in [1.29, 1.82) is 0 Å². The fourth-order valence-electron chi connectivity index (χ4n) is 4.92. The zero-order valence-corrected chi connectivity index (χ0v) is 20.3. The number of aryl methyl sites for hydroxylation is 2. The number of anilines is 3. The van der Waals surface area contributed by atoms with Crippen LogP contribution in [0.5, 0.6) is 0 Å². The Bertz CT molecular complexity index is 1300. The van der Waals surface area contributed by atoms with Crippen LogP contribution in [0, 0.1) is 0 Å². The molecule has 0 bridgehead atoms. The second-order valence-electron chi connectivity index (χ2n) is 9.31. The molecule has 1 aliphatic carbocycles. The first-order valence-electron chi connectivity index (χ1n) is 12.6. The number of H-pyrrole nitrogens is 1. The molecule has 0 atom stereocenters. The maximum atomic E-state index is 12.6. The first-order valence-corrected chi connectivity index (χ1v) is 12.6. The van der Waals surface area contributed by atoms with Gasteiger partial charge in [-0.05, 0) is 61.4 Å². The van der Waals surface area contributed by atoms with Crippen molar-refractivity contribution in [2.45, 2.75) is 45.1 Å². The van der Waals surface area contributed by atoms with Crippen molar-refractivity contribution in [2.24, 2.45) is 0 Å². The lowest BCUT2D eigenvalue weighted by molar-refractivity contribution is -0.131. The van der Waals surface area contributed by atoms with E-state index in [4.69, 9.17) is 0 Å². The van der Waals surface area contributed by atoms with E-state index in [2.05, 4.69) is 37.3 Å². The molecule has 3 heterocycles. The van der Waals surface area contributed by atoms with Gasteiger partial charge >= 0.3 is 5.69 Å². The Morgan fingerprint density at radius 3 is 2.53 bits per heavy atom. The molecule has 2 aliphatic rings. The molecule has 0 unspecified atom stereocenters. The number of carbonyl (C=O) groups excluding carboxylic acids is 1. The van der Waals surface area contributed by atoms with E-state index in [9.17, 15) is 14.4 Å². The van der Waals surface area contributed by atoms with Gasteiger partial charge in [0, 0.05) is 63.3 Å². The van der Waals surface area contributed by atoms with Gasteiger partial charge in [-0.1, -0.05) is 6.07 Å². The van der Waals surface area contributed by atoms with Crippen molar-refractivity contribution in [1.82, 2.24) is 24.4 Å². The van der Waals surface area contributed by atoms with E-state index in [1.165, 1.54) is 21.8 Å². The molecule has 10 nitrogen and oxygen atoms in total. The highest BCUT2D eigenvalue weighted by atomic mass is 16.2. The molecule has 1 saturated heterocycles. The van der Waals surface area contributed by atoms with Crippen LogP contribution in [0.1, 0.15) is 36.8 Å². The quantitative estimate of drug-likeness (QED) is 0.466. The van der Waals surface area contributed by atoms with E-state index >= 15 is 0 Å². The van der Waals surface area contributed by atoms with Crippen LogP contribution < -0.4 is 21.5 Å². The van der Waals surface area contributed by atoms with Crippen molar-refractivity contribution < 1.29 is 4.79 Å². The number of benzene rings is 1. The van der Waals surface area contributed by atoms with Gasteiger partial charge in [-0.2, -0.15) is 0 Å². The maximum Gasteiger partial charge on any atom is 0.329 e. The lowest BCUT2D eigenvalue weighted by Crippen LogP contribution is -2.49. The number of aromatic amines is 1. The third kappa shape index (κ3) is 5.48. The number of rotatable bonds is 8. The van der Waals surface area contributed by atoms with Crippen molar-refractivity contribution in [3.63, 3.8) is 0 Å². The zero-order chi connectivity index (χ0) is 24.9. The number of unbranched alkanes of at least 4 members (excludes halogenated alkanes) is 1. The zero-order valence-electron chi connectivity index (χ0n) is 20.3. The lowest BCUT2D eigenvalue weighted by Gasteiger charge is -2.34. The van der Waals surface area contributed by atoms with E-state index in [0.29, 0.717) is 57.2 Å². The van der Waals surface area contributed by atoms with Crippen LogP contribution in [0.25, 0.3) is 0 Å². The summed E-state index contributed by atoms with van der Waals surface area (Å²) in [6.07, 6.45) is 8.34. The number of hydrogen-bond acceptors (Lipinski definition) is 7. The smallest absolute Gasteiger partial charge is 0.329 e. The molecule has 5 rings (SSSR count). The number of nitrogens with one attached hydrogen (secondary N) is 2. The first kappa shape index (κ1) is 23.8. The molecule has 188 valence electrons. The van der Waals surface area contributed by atoms with Gasteiger partial charge in [0.2, 0.25) is 11.9 Å². The highest BCUT2D eigenvalue weighted by molar-refractivity contribution is 5.76. The Morgan fingerprint density at radius 2 is 1.75 bits per heavy atom. The van der Waals surface area contributed by atoms with Crippen LogP contribution in [0.4, 0.5) is 17.5 Å². The summed E-state index contributed by atoms with van der Waals surface area (Å²) in [7, 11) is 0. The average Bonchev–Trinajstić information content (AvgIpc) is 3.36. The minimum absolute atomic E-state index is 0.0961. The molecule has 2 aromatic heterocycles. The van der Waals surface area contributed by atoms with Gasteiger partial charge in [-0.25, -0.2) is 14.8 Å². The third-order valence-corrected chi connectivity index (χ3v) is 6.89. The summed E-state index contributed by atoms with van der Waals surface area (Å²) in [4.78, 5) is 52.9. The standard InChI is InChI=1S/C26H31N7O3/c34-23(31-13-15-32(16-14-31)25-27-10-4-11-28-25)7-1-2-12-33-24(35)18-22(30-26(33)36)29-21-9-8-19-5-3-6-20(19)17-21/h4,8-11,17-18,29H,1-3,5-7,12-16H2,(H,30,36). The van der Waals surface area contributed by atoms with Crippen molar-refractivity contribution >= 4 is 23.4 Å². The summed E-state index contributed by atoms with van der Waals surface area (Å²) in [5.41, 5.74) is 2.74. The van der Waals surface area contributed by atoms with E-state index in [0.717, 1.165) is 24.9 Å². The molecule has 36 heavy (non-hydrogen) atoms.